The van der Waals surface area contributed by atoms with E-state index < -0.39 is 11.6 Å². The zero-order chi connectivity index (χ0) is 32.1. The Balaban J connectivity index is 1.34. The third kappa shape index (κ3) is 7.82. The quantitative estimate of drug-likeness (QED) is 0.319. The molecular formula is C34H47N7O3S. The molecule has 0 bridgehead atoms. The number of pyridine rings is 1. The maximum atomic E-state index is 14.2. The molecule has 45 heavy (non-hydrogen) atoms. The Kier molecular flexibility index (Phi) is 10.4. The Hall–Kier alpha value is -3.54. The summed E-state index contributed by atoms with van der Waals surface area (Å²) in [5.74, 6) is -0.180. The van der Waals surface area contributed by atoms with Gasteiger partial charge >= 0.3 is 0 Å². The summed E-state index contributed by atoms with van der Waals surface area (Å²) in [7, 11) is 8.02. The van der Waals surface area contributed by atoms with Crippen LogP contribution in [-0.4, -0.2) is 114 Å². The molecule has 2 aliphatic heterocycles. The zero-order valence-corrected chi connectivity index (χ0v) is 28.2. The SMILES string of the molecule is CN(C)CCCC[C@H](C(=O)N1CCN(C2=NC(C)(C)C(c3ccccc3)O2)C[C@H]1C(=O)NCc1cc2cnccc2s1)N(C)C. The molecule has 2 aliphatic rings. The van der Waals surface area contributed by atoms with Gasteiger partial charge in [-0.2, -0.15) is 0 Å². The van der Waals surface area contributed by atoms with Crippen molar-refractivity contribution in [2.45, 2.75) is 63.4 Å². The van der Waals surface area contributed by atoms with Crippen molar-refractivity contribution in [1.82, 2.24) is 29.9 Å². The first-order chi connectivity index (χ1) is 21.5. The highest BCUT2D eigenvalue weighted by atomic mass is 32.1. The van der Waals surface area contributed by atoms with E-state index in [-0.39, 0.29) is 24.0 Å². The number of unbranched alkanes of at least 4 members (excludes halogenated alkanes) is 1. The molecule has 0 spiro atoms. The van der Waals surface area contributed by atoms with Gasteiger partial charge in [-0.15, -0.1) is 11.3 Å². The molecule has 3 aromatic rings. The number of rotatable bonds is 11. The monoisotopic (exact) mass is 633 g/mol. The molecule has 1 N–H and O–H groups in total. The third-order valence-electron chi connectivity index (χ3n) is 8.63. The van der Waals surface area contributed by atoms with E-state index in [1.54, 1.807) is 22.4 Å². The third-order valence-corrected chi connectivity index (χ3v) is 9.75. The van der Waals surface area contributed by atoms with Gasteiger partial charge in [0.1, 0.15) is 11.6 Å². The average Bonchev–Trinajstić information content (AvgIpc) is 3.59. The number of aromatic nitrogens is 1. The van der Waals surface area contributed by atoms with Crippen molar-refractivity contribution >= 4 is 39.3 Å². The van der Waals surface area contributed by atoms with E-state index in [4.69, 9.17) is 9.73 Å². The van der Waals surface area contributed by atoms with E-state index in [0.29, 0.717) is 32.2 Å². The molecule has 1 unspecified atom stereocenters. The Morgan fingerprint density at radius 3 is 2.60 bits per heavy atom. The van der Waals surface area contributed by atoms with E-state index in [9.17, 15) is 9.59 Å². The van der Waals surface area contributed by atoms with Gasteiger partial charge in [0.15, 0.2) is 6.10 Å². The van der Waals surface area contributed by atoms with Crippen molar-refractivity contribution in [3.63, 3.8) is 0 Å². The highest BCUT2D eigenvalue weighted by Gasteiger charge is 2.45. The van der Waals surface area contributed by atoms with Crippen molar-refractivity contribution in [2.24, 2.45) is 4.99 Å². The number of thiophene rings is 1. The van der Waals surface area contributed by atoms with Crippen LogP contribution in [0, 0.1) is 0 Å². The lowest BCUT2D eigenvalue weighted by Crippen LogP contribution is -2.64. The van der Waals surface area contributed by atoms with Gasteiger partial charge in [-0.25, -0.2) is 4.99 Å². The second kappa shape index (κ2) is 14.3. The van der Waals surface area contributed by atoms with Crippen LogP contribution in [0.3, 0.4) is 0 Å². The molecule has 242 valence electrons. The summed E-state index contributed by atoms with van der Waals surface area (Å²) in [5.41, 5.74) is 0.589. The first kappa shape index (κ1) is 32.8. The number of benzene rings is 1. The van der Waals surface area contributed by atoms with Crippen LogP contribution >= 0.6 is 11.3 Å². The Labute approximate surface area is 271 Å². The fourth-order valence-corrected chi connectivity index (χ4v) is 7.12. The number of carbonyl (C=O) groups excluding carboxylic acids is 2. The summed E-state index contributed by atoms with van der Waals surface area (Å²) < 4.78 is 7.61. The number of nitrogens with one attached hydrogen (secondary N) is 1. The normalized spacial score (nSPS) is 20.4. The van der Waals surface area contributed by atoms with Crippen LogP contribution < -0.4 is 5.32 Å². The number of amides is 2. The fraction of sp³-hybridized carbons (Fsp3) is 0.529. The Morgan fingerprint density at radius 2 is 1.89 bits per heavy atom. The van der Waals surface area contributed by atoms with Crippen LogP contribution in [0.2, 0.25) is 0 Å². The second-order valence-corrected chi connectivity index (χ2v) is 14.2. The summed E-state index contributed by atoms with van der Waals surface area (Å²) in [6, 6.07) is 13.7. The molecular weight excluding hydrogens is 586 g/mol. The minimum atomic E-state index is -0.684. The molecule has 3 atom stereocenters. The molecule has 1 saturated heterocycles. The number of nitrogens with zero attached hydrogens (tertiary/aromatic N) is 6. The molecule has 2 amide bonds. The molecule has 2 aromatic heterocycles. The predicted octanol–water partition coefficient (Wildman–Crippen LogP) is 3.99. The molecule has 11 heteroatoms. The van der Waals surface area contributed by atoms with Crippen molar-refractivity contribution in [2.75, 3.05) is 54.4 Å². The standard InChI is InChI=1S/C34H47N7O3S/c1-34(2)30(24-12-8-7-9-13-24)44-33(37-34)40-18-19-41(32(43)27(39(5)6)14-10-11-17-38(3)4)28(23-40)31(42)36-22-26-20-25-21-35-16-15-29(25)45-26/h7-9,12-13,15-16,20-21,27-28,30H,10-11,14,17-19,22-23H2,1-6H3,(H,36,42)/t27-,28+,30?/m1/s1. The van der Waals surface area contributed by atoms with Crippen molar-refractivity contribution in [3.8, 4) is 0 Å². The number of likely N-dealkylation sites (N-methyl/N-ethyl adjacent to an activating group) is 1. The highest BCUT2D eigenvalue weighted by Crippen LogP contribution is 2.38. The van der Waals surface area contributed by atoms with Crippen LogP contribution in [0.25, 0.3) is 10.1 Å². The lowest BCUT2D eigenvalue weighted by Gasteiger charge is -2.42. The Morgan fingerprint density at radius 1 is 1.11 bits per heavy atom. The summed E-state index contributed by atoms with van der Waals surface area (Å²) in [4.78, 5) is 46.3. The summed E-state index contributed by atoms with van der Waals surface area (Å²) >= 11 is 1.64. The van der Waals surface area contributed by atoms with Crippen LogP contribution in [-0.2, 0) is 20.9 Å². The van der Waals surface area contributed by atoms with Gasteiger partial charge < -0.3 is 24.8 Å². The van der Waals surface area contributed by atoms with Crippen LogP contribution in [0.5, 0.6) is 0 Å². The largest absolute Gasteiger partial charge is 0.454 e. The summed E-state index contributed by atoms with van der Waals surface area (Å²) in [5, 5.41) is 4.20. The average molecular weight is 634 g/mol. The maximum Gasteiger partial charge on any atom is 0.288 e. The minimum absolute atomic E-state index is 0.00522. The van der Waals surface area contributed by atoms with Crippen molar-refractivity contribution in [3.05, 3.63) is 65.3 Å². The van der Waals surface area contributed by atoms with E-state index >= 15 is 0 Å². The van der Waals surface area contributed by atoms with E-state index in [1.807, 2.05) is 54.4 Å². The van der Waals surface area contributed by atoms with Crippen LogP contribution in [0.1, 0.15) is 49.7 Å². The number of carbonyl (C=O) groups is 2. The predicted molar refractivity (Wildman–Crippen MR) is 180 cm³/mol. The number of piperazine rings is 1. The molecule has 0 aliphatic carbocycles. The number of hydrogen-bond donors (Lipinski definition) is 1. The molecule has 10 nitrogen and oxygen atoms in total. The molecule has 5 rings (SSSR count). The first-order valence-corrected chi connectivity index (χ1v) is 16.6. The van der Waals surface area contributed by atoms with Gasteiger partial charge in [0.25, 0.3) is 6.02 Å². The molecule has 0 radical (unpaired) electrons. The lowest BCUT2D eigenvalue weighted by molar-refractivity contribution is -0.147. The van der Waals surface area contributed by atoms with Gasteiger partial charge in [0.2, 0.25) is 11.8 Å². The molecule has 1 fully saturated rings. The van der Waals surface area contributed by atoms with Crippen molar-refractivity contribution in [1.29, 1.82) is 0 Å². The summed E-state index contributed by atoms with van der Waals surface area (Å²) in [6.45, 7) is 6.76. The molecule has 1 aromatic carbocycles. The topological polar surface area (TPSA) is 93.6 Å². The van der Waals surface area contributed by atoms with E-state index in [1.165, 1.54) is 0 Å². The maximum absolute atomic E-state index is 14.2. The minimum Gasteiger partial charge on any atom is -0.454 e. The number of ether oxygens (including phenoxy) is 1. The number of fused-ring (bicyclic) bond motifs is 1. The smallest absolute Gasteiger partial charge is 0.288 e. The van der Waals surface area contributed by atoms with E-state index in [0.717, 1.165) is 46.3 Å². The molecule has 4 heterocycles. The van der Waals surface area contributed by atoms with Gasteiger partial charge in [-0.3, -0.25) is 19.5 Å². The van der Waals surface area contributed by atoms with Crippen LogP contribution in [0.4, 0.5) is 0 Å². The van der Waals surface area contributed by atoms with Gasteiger partial charge in [-0.05, 0) is 79.1 Å². The van der Waals surface area contributed by atoms with Crippen molar-refractivity contribution < 1.29 is 14.3 Å². The fourth-order valence-electron chi connectivity index (χ4n) is 6.15. The highest BCUT2D eigenvalue weighted by molar-refractivity contribution is 7.19. The molecule has 0 saturated carbocycles. The number of amidine groups is 1. The zero-order valence-electron chi connectivity index (χ0n) is 27.4. The lowest BCUT2D eigenvalue weighted by atomic mass is 9.93. The van der Waals surface area contributed by atoms with Gasteiger partial charge in [0.05, 0.1) is 19.1 Å². The first-order valence-electron chi connectivity index (χ1n) is 15.8. The Bertz CT molecular complexity index is 1460. The second-order valence-electron chi connectivity index (χ2n) is 13.1. The van der Waals surface area contributed by atoms with E-state index in [2.05, 4.69) is 61.3 Å². The number of aliphatic imine (C=N–C) groups is 1. The summed E-state index contributed by atoms with van der Waals surface area (Å²) in [6.07, 6.45) is 6.08. The van der Waals surface area contributed by atoms with Gasteiger partial charge in [-0.1, -0.05) is 36.8 Å². The van der Waals surface area contributed by atoms with Gasteiger partial charge in [0, 0.05) is 40.4 Å². The number of hydrogen-bond acceptors (Lipinski definition) is 9. The van der Waals surface area contributed by atoms with Crippen LogP contribution in [0.15, 0.2) is 59.9 Å².